The Balaban J connectivity index is 1.92. The number of carbonyl (C=O) groups is 1. The van der Waals surface area contributed by atoms with Crippen LogP contribution in [-0.4, -0.2) is 16.9 Å². The monoisotopic (exact) mass is 343 g/mol. The molecule has 0 saturated heterocycles. The number of carbonyl (C=O) groups excluding carboxylic acids is 1. The molecule has 0 saturated carbocycles. The van der Waals surface area contributed by atoms with E-state index in [1.807, 2.05) is 13.8 Å². The fourth-order valence-corrected chi connectivity index (χ4v) is 3.15. The molecule has 0 fully saturated rings. The molecule has 0 aliphatic heterocycles. The lowest BCUT2D eigenvalue weighted by atomic mass is 9.90. The van der Waals surface area contributed by atoms with Gasteiger partial charge in [-0.05, 0) is 69.0 Å². The molecule has 1 amide bonds. The molecule has 1 aromatic carbocycles. The summed E-state index contributed by atoms with van der Waals surface area (Å²) in [5.41, 5.74) is 2.35. The van der Waals surface area contributed by atoms with Crippen LogP contribution < -0.4 is 16.2 Å². The molecule has 6 heteroatoms. The van der Waals surface area contributed by atoms with Gasteiger partial charge in [-0.3, -0.25) is 9.59 Å². The van der Waals surface area contributed by atoms with Crippen molar-refractivity contribution >= 4 is 11.6 Å². The van der Waals surface area contributed by atoms with Gasteiger partial charge in [0, 0.05) is 17.4 Å². The largest absolute Gasteiger partial charge is 0.378 e. The quantitative estimate of drug-likeness (QED) is 0.798. The predicted octanol–water partition coefficient (Wildman–Crippen LogP) is 3.14. The molecule has 132 valence electrons. The third-order valence-corrected chi connectivity index (χ3v) is 4.30. The number of aromatic nitrogens is 1. The summed E-state index contributed by atoms with van der Waals surface area (Å²) in [5, 5.41) is 6.13. The van der Waals surface area contributed by atoms with Gasteiger partial charge in [0.05, 0.1) is 6.04 Å². The second-order valence-electron chi connectivity index (χ2n) is 6.67. The number of benzene rings is 1. The molecule has 0 bridgehead atoms. The van der Waals surface area contributed by atoms with Crippen molar-refractivity contribution in [3.8, 4) is 0 Å². The van der Waals surface area contributed by atoms with Gasteiger partial charge >= 0.3 is 0 Å². The van der Waals surface area contributed by atoms with Crippen molar-refractivity contribution in [2.45, 2.75) is 45.2 Å². The maximum Gasteiger partial charge on any atom is 0.261 e. The van der Waals surface area contributed by atoms with Crippen molar-refractivity contribution in [2.24, 2.45) is 0 Å². The van der Waals surface area contributed by atoms with Gasteiger partial charge in [0.1, 0.15) is 11.4 Å². The Hall–Kier alpha value is -2.63. The van der Waals surface area contributed by atoms with Gasteiger partial charge in [0.2, 0.25) is 0 Å². The maximum absolute atomic E-state index is 13.1. The predicted molar refractivity (Wildman–Crippen MR) is 95.4 cm³/mol. The van der Waals surface area contributed by atoms with Gasteiger partial charge in [-0.2, -0.15) is 0 Å². The van der Waals surface area contributed by atoms with Gasteiger partial charge in [0.25, 0.3) is 11.5 Å². The van der Waals surface area contributed by atoms with Crippen LogP contribution in [0.2, 0.25) is 0 Å². The summed E-state index contributed by atoms with van der Waals surface area (Å²) in [6.07, 6.45) is 2.58. The zero-order valence-electron chi connectivity index (χ0n) is 14.4. The second kappa shape index (κ2) is 7.09. The molecule has 0 spiro atoms. The smallest absolute Gasteiger partial charge is 0.261 e. The van der Waals surface area contributed by atoms with Crippen LogP contribution in [0.5, 0.6) is 0 Å². The fourth-order valence-electron chi connectivity index (χ4n) is 3.15. The van der Waals surface area contributed by atoms with Crippen molar-refractivity contribution in [3.63, 3.8) is 0 Å². The molecule has 25 heavy (non-hydrogen) atoms. The number of rotatable bonds is 4. The number of aryl methyl sites for hydroxylation is 1. The zero-order chi connectivity index (χ0) is 18.0. The molecule has 1 aromatic heterocycles. The Labute approximate surface area is 145 Å². The highest BCUT2D eigenvalue weighted by Gasteiger charge is 2.24. The minimum atomic E-state index is -0.370. The average Bonchev–Trinajstić information content (AvgIpc) is 2.56. The summed E-state index contributed by atoms with van der Waals surface area (Å²) < 4.78 is 13.1. The maximum atomic E-state index is 13.1. The van der Waals surface area contributed by atoms with E-state index in [0.717, 1.165) is 36.2 Å². The zero-order valence-corrected chi connectivity index (χ0v) is 14.4. The van der Waals surface area contributed by atoms with E-state index in [1.54, 1.807) is 18.2 Å². The van der Waals surface area contributed by atoms with Crippen LogP contribution in [0.15, 0.2) is 35.1 Å². The van der Waals surface area contributed by atoms with Crippen LogP contribution in [0.25, 0.3) is 0 Å². The summed E-state index contributed by atoms with van der Waals surface area (Å²) >= 11 is 0. The number of fused-ring (bicyclic) bond motifs is 1. The highest BCUT2D eigenvalue weighted by atomic mass is 19.1. The van der Waals surface area contributed by atoms with E-state index in [2.05, 4.69) is 15.6 Å². The highest BCUT2D eigenvalue weighted by molar-refractivity contribution is 5.94. The molecule has 1 heterocycles. The molecular formula is C19H22FN3O2. The number of H-pyrrole nitrogens is 1. The van der Waals surface area contributed by atoms with Crippen LogP contribution in [0, 0.1) is 5.82 Å². The second-order valence-corrected chi connectivity index (χ2v) is 6.67. The first-order valence-corrected chi connectivity index (χ1v) is 8.53. The molecule has 3 rings (SSSR count). The number of pyridine rings is 1. The minimum absolute atomic E-state index is 0.0309. The van der Waals surface area contributed by atoms with Gasteiger partial charge in [0.15, 0.2) is 0 Å². The topological polar surface area (TPSA) is 74.0 Å². The number of anilines is 1. The molecule has 1 atom stereocenters. The first-order valence-electron chi connectivity index (χ1n) is 8.53. The Kier molecular flexibility index (Phi) is 4.88. The molecule has 1 unspecified atom stereocenters. The van der Waals surface area contributed by atoms with Crippen molar-refractivity contribution in [1.82, 2.24) is 10.3 Å². The van der Waals surface area contributed by atoms with Crippen LogP contribution in [-0.2, 0) is 6.42 Å². The lowest BCUT2D eigenvalue weighted by Gasteiger charge is -2.27. The summed E-state index contributed by atoms with van der Waals surface area (Å²) in [4.78, 5) is 27.4. The minimum Gasteiger partial charge on any atom is -0.378 e. The van der Waals surface area contributed by atoms with Crippen LogP contribution >= 0.6 is 0 Å². The fraction of sp³-hybridized carbons (Fsp3) is 0.368. The molecule has 1 aliphatic rings. The highest BCUT2D eigenvalue weighted by Crippen LogP contribution is 2.31. The summed E-state index contributed by atoms with van der Waals surface area (Å²) in [5.74, 6) is -0.656. The van der Waals surface area contributed by atoms with Crippen LogP contribution in [0.3, 0.4) is 0 Å². The van der Waals surface area contributed by atoms with Crippen LogP contribution in [0.4, 0.5) is 10.1 Å². The lowest BCUT2D eigenvalue weighted by molar-refractivity contribution is 0.0941. The Morgan fingerprint density at radius 1 is 1.28 bits per heavy atom. The molecule has 5 nitrogen and oxygen atoms in total. The first-order chi connectivity index (χ1) is 11.9. The number of amides is 1. The van der Waals surface area contributed by atoms with E-state index in [1.165, 1.54) is 12.1 Å². The normalized spacial score (nSPS) is 16.4. The van der Waals surface area contributed by atoms with E-state index >= 15 is 0 Å². The van der Waals surface area contributed by atoms with Gasteiger partial charge in [-0.1, -0.05) is 0 Å². The van der Waals surface area contributed by atoms with Crippen molar-refractivity contribution < 1.29 is 9.18 Å². The Bertz CT molecular complexity index is 828. The van der Waals surface area contributed by atoms with Crippen molar-refractivity contribution in [1.29, 1.82) is 0 Å². The van der Waals surface area contributed by atoms with Crippen LogP contribution in [0.1, 0.15) is 54.3 Å². The third kappa shape index (κ3) is 3.90. The Morgan fingerprint density at radius 2 is 2.00 bits per heavy atom. The van der Waals surface area contributed by atoms with E-state index in [9.17, 15) is 14.0 Å². The molecule has 3 N–H and O–H groups in total. The Morgan fingerprint density at radius 3 is 2.68 bits per heavy atom. The standard InChI is InChI=1S/C19H22FN3O2/c1-11(2)21-18(24)15-10-14-16(4-3-5-17(14)23-19(15)25)22-13-8-6-12(20)7-9-13/h6-11,16,22H,3-5H2,1-2H3,(H,21,24)(H,23,25). The van der Waals surface area contributed by atoms with Gasteiger partial charge in [-0.25, -0.2) is 4.39 Å². The van der Waals surface area contributed by atoms with Gasteiger partial charge in [-0.15, -0.1) is 0 Å². The van der Waals surface area contributed by atoms with E-state index in [0.29, 0.717) is 0 Å². The first kappa shape index (κ1) is 17.2. The number of aromatic amines is 1. The van der Waals surface area contributed by atoms with Crippen molar-refractivity contribution in [3.05, 3.63) is 63.3 Å². The van der Waals surface area contributed by atoms with Crippen molar-refractivity contribution in [2.75, 3.05) is 5.32 Å². The van der Waals surface area contributed by atoms with Gasteiger partial charge < -0.3 is 15.6 Å². The SMILES string of the molecule is CC(C)NC(=O)c1cc2c([nH]c1=O)CCCC2Nc1ccc(F)cc1. The number of nitrogens with one attached hydrogen (secondary N) is 3. The number of hydrogen-bond acceptors (Lipinski definition) is 3. The van der Waals surface area contributed by atoms with E-state index in [-0.39, 0.29) is 34.9 Å². The summed E-state index contributed by atoms with van der Waals surface area (Å²) in [7, 11) is 0. The van der Waals surface area contributed by atoms with E-state index < -0.39 is 0 Å². The number of halogens is 1. The third-order valence-electron chi connectivity index (χ3n) is 4.30. The molecule has 2 aromatic rings. The number of hydrogen-bond donors (Lipinski definition) is 3. The average molecular weight is 343 g/mol. The summed E-state index contributed by atoms with van der Waals surface area (Å²) in [6, 6.07) is 7.78. The summed E-state index contributed by atoms with van der Waals surface area (Å²) in [6.45, 7) is 3.70. The molecule has 1 aliphatic carbocycles. The molecular weight excluding hydrogens is 321 g/mol. The lowest BCUT2D eigenvalue weighted by Crippen LogP contribution is -2.35. The van der Waals surface area contributed by atoms with E-state index in [4.69, 9.17) is 0 Å². The molecule has 0 radical (unpaired) electrons.